The van der Waals surface area contributed by atoms with Crippen molar-refractivity contribution >= 4 is 17.5 Å². The number of benzene rings is 1. The SMILES string of the molecule is O=C(NCC1CN(c2ccc(F)cc2)C(=O)CO1)C1CC1. The van der Waals surface area contributed by atoms with Crippen molar-refractivity contribution in [1.29, 1.82) is 0 Å². The van der Waals surface area contributed by atoms with Crippen LogP contribution >= 0.6 is 0 Å². The molecule has 1 saturated heterocycles. The van der Waals surface area contributed by atoms with Crippen molar-refractivity contribution in [2.24, 2.45) is 5.92 Å². The highest BCUT2D eigenvalue weighted by atomic mass is 19.1. The number of halogens is 1. The van der Waals surface area contributed by atoms with E-state index in [9.17, 15) is 14.0 Å². The lowest BCUT2D eigenvalue weighted by Gasteiger charge is -2.32. The van der Waals surface area contributed by atoms with Crippen LogP contribution in [0.4, 0.5) is 10.1 Å². The first-order chi connectivity index (χ1) is 10.1. The van der Waals surface area contributed by atoms with Gasteiger partial charge in [-0.3, -0.25) is 9.59 Å². The molecule has 0 aromatic heterocycles. The van der Waals surface area contributed by atoms with E-state index >= 15 is 0 Å². The molecule has 6 heteroatoms. The molecule has 3 rings (SSSR count). The molecule has 1 aliphatic carbocycles. The Labute approximate surface area is 122 Å². The summed E-state index contributed by atoms with van der Waals surface area (Å²) in [5.41, 5.74) is 0.642. The molecule has 1 aromatic carbocycles. The van der Waals surface area contributed by atoms with Gasteiger partial charge >= 0.3 is 0 Å². The summed E-state index contributed by atoms with van der Waals surface area (Å²) in [6.07, 6.45) is 1.67. The Kier molecular flexibility index (Phi) is 3.88. The van der Waals surface area contributed by atoms with Gasteiger partial charge in [-0.2, -0.15) is 0 Å². The Hall–Kier alpha value is -1.95. The zero-order chi connectivity index (χ0) is 14.8. The fraction of sp³-hybridized carbons (Fsp3) is 0.467. The second-order valence-electron chi connectivity index (χ2n) is 5.43. The fourth-order valence-corrected chi connectivity index (χ4v) is 2.32. The molecule has 112 valence electrons. The average molecular weight is 292 g/mol. The van der Waals surface area contributed by atoms with E-state index in [2.05, 4.69) is 5.32 Å². The van der Waals surface area contributed by atoms with E-state index in [1.807, 2.05) is 0 Å². The van der Waals surface area contributed by atoms with Gasteiger partial charge in [0, 0.05) is 18.2 Å². The summed E-state index contributed by atoms with van der Waals surface area (Å²) in [4.78, 5) is 25.1. The standard InChI is InChI=1S/C15H17FN2O3/c16-11-3-5-12(6-4-11)18-8-13(21-9-14(18)19)7-17-15(20)10-1-2-10/h3-6,10,13H,1-2,7-9H2,(H,17,20). The molecule has 5 nitrogen and oxygen atoms in total. The van der Waals surface area contributed by atoms with Gasteiger partial charge in [-0.1, -0.05) is 0 Å². The van der Waals surface area contributed by atoms with Crippen LogP contribution in [-0.4, -0.2) is 37.6 Å². The summed E-state index contributed by atoms with van der Waals surface area (Å²) in [5.74, 6) is -0.286. The first kappa shape index (κ1) is 14.0. The number of hydrogen-bond acceptors (Lipinski definition) is 3. The molecule has 0 spiro atoms. The van der Waals surface area contributed by atoms with Crippen LogP contribution in [0, 0.1) is 11.7 Å². The van der Waals surface area contributed by atoms with Crippen molar-refractivity contribution in [3.05, 3.63) is 30.1 Å². The summed E-state index contributed by atoms with van der Waals surface area (Å²) < 4.78 is 18.4. The number of morpholine rings is 1. The van der Waals surface area contributed by atoms with Crippen LogP contribution in [0.25, 0.3) is 0 Å². The molecule has 2 aliphatic rings. The highest BCUT2D eigenvalue weighted by molar-refractivity contribution is 5.95. The monoisotopic (exact) mass is 292 g/mol. The zero-order valence-corrected chi connectivity index (χ0v) is 11.5. The normalized spacial score (nSPS) is 22.2. The van der Waals surface area contributed by atoms with Crippen LogP contribution in [-0.2, 0) is 14.3 Å². The lowest BCUT2D eigenvalue weighted by molar-refractivity contribution is -0.129. The van der Waals surface area contributed by atoms with Gasteiger partial charge in [-0.05, 0) is 37.1 Å². The number of nitrogens with one attached hydrogen (secondary N) is 1. The van der Waals surface area contributed by atoms with Crippen molar-refractivity contribution in [3.8, 4) is 0 Å². The van der Waals surface area contributed by atoms with Gasteiger partial charge in [-0.15, -0.1) is 0 Å². The number of carbonyl (C=O) groups is 2. The first-order valence-electron chi connectivity index (χ1n) is 7.09. The van der Waals surface area contributed by atoms with Crippen LogP contribution in [0.5, 0.6) is 0 Å². The van der Waals surface area contributed by atoms with E-state index in [1.165, 1.54) is 12.1 Å². The smallest absolute Gasteiger partial charge is 0.253 e. The number of ether oxygens (including phenoxy) is 1. The predicted octanol–water partition coefficient (Wildman–Crippen LogP) is 1.08. The van der Waals surface area contributed by atoms with Crippen LogP contribution < -0.4 is 10.2 Å². The largest absolute Gasteiger partial charge is 0.365 e. The molecule has 1 heterocycles. The minimum absolute atomic E-state index is 0.0264. The van der Waals surface area contributed by atoms with E-state index in [-0.39, 0.29) is 36.3 Å². The Morgan fingerprint density at radius 2 is 2.05 bits per heavy atom. The Morgan fingerprint density at radius 1 is 1.33 bits per heavy atom. The molecule has 1 saturated carbocycles. The zero-order valence-electron chi connectivity index (χ0n) is 11.5. The first-order valence-corrected chi connectivity index (χ1v) is 7.09. The number of amides is 2. The molecule has 1 N–H and O–H groups in total. The van der Waals surface area contributed by atoms with Gasteiger partial charge in [0.15, 0.2) is 0 Å². The van der Waals surface area contributed by atoms with E-state index in [0.717, 1.165) is 12.8 Å². The number of anilines is 1. The molecular weight excluding hydrogens is 275 g/mol. The van der Waals surface area contributed by atoms with E-state index < -0.39 is 0 Å². The van der Waals surface area contributed by atoms with Gasteiger partial charge in [0.25, 0.3) is 5.91 Å². The third-order valence-electron chi connectivity index (χ3n) is 3.72. The number of hydrogen-bond donors (Lipinski definition) is 1. The minimum Gasteiger partial charge on any atom is -0.365 e. The van der Waals surface area contributed by atoms with Gasteiger partial charge in [0.1, 0.15) is 12.4 Å². The lowest BCUT2D eigenvalue weighted by Crippen LogP contribution is -2.50. The highest BCUT2D eigenvalue weighted by Crippen LogP contribution is 2.28. The van der Waals surface area contributed by atoms with E-state index in [4.69, 9.17) is 4.74 Å². The Balaban J connectivity index is 1.59. The van der Waals surface area contributed by atoms with Crippen molar-refractivity contribution in [3.63, 3.8) is 0 Å². The Morgan fingerprint density at radius 3 is 2.71 bits per heavy atom. The van der Waals surface area contributed by atoms with Crippen LogP contribution in [0.3, 0.4) is 0 Å². The molecule has 21 heavy (non-hydrogen) atoms. The van der Waals surface area contributed by atoms with Crippen molar-refractivity contribution in [2.75, 3.05) is 24.6 Å². The lowest BCUT2D eigenvalue weighted by atomic mass is 10.2. The summed E-state index contributed by atoms with van der Waals surface area (Å²) in [5, 5.41) is 2.85. The van der Waals surface area contributed by atoms with Crippen molar-refractivity contribution < 1.29 is 18.7 Å². The summed E-state index contributed by atoms with van der Waals surface area (Å²) >= 11 is 0. The molecule has 1 atom stereocenters. The minimum atomic E-state index is -0.340. The third-order valence-corrected chi connectivity index (χ3v) is 3.72. The van der Waals surface area contributed by atoms with Crippen molar-refractivity contribution in [2.45, 2.75) is 18.9 Å². The number of carbonyl (C=O) groups excluding carboxylic acids is 2. The molecule has 0 bridgehead atoms. The van der Waals surface area contributed by atoms with Crippen molar-refractivity contribution in [1.82, 2.24) is 5.32 Å². The van der Waals surface area contributed by atoms with Gasteiger partial charge in [0.2, 0.25) is 5.91 Å². The van der Waals surface area contributed by atoms with Crippen LogP contribution in [0.1, 0.15) is 12.8 Å². The predicted molar refractivity (Wildman–Crippen MR) is 74.2 cm³/mol. The second-order valence-corrected chi connectivity index (χ2v) is 5.43. The van der Waals surface area contributed by atoms with E-state index in [1.54, 1.807) is 17.0 Å². The molecule has 0 radical (unpaired) electrons. The molecular formula is C15H17FN2O3. The molecule has 1 aromatic rings. The van der Waals surface area contributed by atoms with Gasteiger partial charge in [-0.25, -0.2) is 4.39 Å². The average Bonchev–Trinajstić information content (AvgIpc) is 3.32. The maximum atomic E-state index is 12.9. The summed E-state index contributed by atoms with van der Waals surface area (Å²) in [6.45, 7) is 0.719. The molecule has 2 amide bonds. The quantitative estimate of drug-likeness (QED) is 0.903. The topological polar surface area (TPSA) is 58.6 Å². The van der Waals surface area contributed by atoms with Gasteiger partial charge in [0.05, 0.1) is 12.6 Å². The number of rotatable bonds is 4. The maximum absolute atomic E-state index is 12.9. The van der Waals surface area contributed by atoms with Crippen LogP contribution in [0.2, 0.25) is 0 Å². The second kappa shape index (κ2) is 5.81. The summed E-state index contributed by atoms with van der Waals surface area (Å²) in [6, 6.07) is 5.78. The molecule has 1 unspecified atom stereocenters. The molecule has 2 fully saturated rings. The third kappa shape index (κ3) is 3.39. The maximum Gasteiger partial charge on any atom is 0.253 e. The number of nitrogens with zero attached hydrogens (tertiary/aromatic N) is 1. The fourth-order valence-electron chi connectivity index (χ4n) is 2.32. The van der Waals surface area contributed by atoms with E-state index in [0.29, 0.717) is 18.8 Å². The van der Waals surface area contributed by atoms with Gasteiger partial charge < -0.3 is 15.0 Å². The highest BCUT2D eigenvalue weighted by Gasteiger charge is 2.31. The summed E-state index contributed by atoms with van der Waals surface area (Å²) in [7, 11) is 0. The molecule has 1 aliphatic heterocycles. The van der Waals surface area contributed by atoms with Crippen LogP contribution in [0.15, 0.2) is 24.3 Å². The Bertz CT molecular complexity index is 542.